The largest absolute Gasteiger partial charge is 0.354 e. The zero-order valence-electron chi connectivity index (χ0n) is 20.9. The summed E-state index contributed by atoms with van der Waals surface area (Å²) in [6.07, 6.45) is 6.37. The first-order valence-electron chi connectivity index (χ1n) is 12.7. The lowest BCUT2D eigenvalue weighted by Gasteiger charge is -2.27. The van der Waals surface area contributed by atoms with Crippen LogP contribution in [0.4, 0.5) is 0 Å². The zero-order valence-corrected chi connectivity index (χ0v) is 21.8. The second kappa shape index (κ2) is 13.5. The zero-order chi connectivity index (χ0) is 25.8. The standard InChI is InChI=1S/C31H32N3O2P/c35-30(33-22-23-34-31(36)26-13-12-21-32-25-26)20-10-11-24-37(27-14-4-1-5-15-27,28-16-6-2-7-17-28)29-18-8-3-9-19-29/h1-9,12-19,21,25H,10-11,20,22-24H2,(H-,33,34,35,36)/p+1. The Morgan fingerprint density at radius 1 is 0.649 bits per heavy atom. The average molecular weight is 511 g/mol. The van der Waals surface area contributed by atoms with Gasteiger partial charge < -0.3 is 10.6 Å². The van der Waals surface area contributed by atoms with Gasteiger partial charge in [-0.3, -0.25) is 14.6 Å². The van der Waals surface area contributed by atoms with Gasteiger partial charge in [0.15, 0.2) is 0 Å². The number of amides is 2. The van der Waals surface area contributed by atoms with E-state index in [9.17, 15) is 9.59 Å². The highest BCUT2D eigenvalue weighted by atomic mass is 31.2. The number of unbranched alkanes of at least 4 members (excludes halogenated alkanes) is 1. The summed E-state index contributed by atoms with van der Waals surface area (Å²) in [7, 11) is -1.86. The van der Waals surface area contributed by atoms with Crippen LogP contribution in [0.5, 0.6) is 0 Å². The second-order valence-electron chi connectivity index (χ2n) is 8.84. The molecule has 4 aromatic rings. The smallest absolute Gasteiger partial charge is 0.252 e. The molecule has 0 saturated carbocycles. The molecule has 2 N–H and O–H groups in total. The van der Waals surface area contributed by atoms with E-state index in [-0.39, 0.29) is 11.8 Å². The van der Waals surface area contributed by atoms with Crippen molar-refractivity contribution < 1.29 is 9.59 Å². The average Bonchev–Trinajstić information content (AvgIpc) is 2.97. The molecule has 0 saturated heterocycles. The fraction of sp³-hybridized carbons (Fsp3) is 0.194. The van der Waals surface area contributed by atoms with Gasteiger partial charge in [0.2, 0.25) is 5.91 Å². The Bertz CT molecular complexity index is 1160. The van der Waals surface area contributed by atoms with Crippen LogP contribution in [0, 0.1) is 0 Å². The number of carbonyl (C=O) groups is 2. The number of hydrogen-bond donors (Lipinski definition) is 2. The predicted octanol–water partition coefficient (Wildman–Crippen LogP) is 4.09. The Morgan fingerprint density at radius 2 is 1.19 bits per heavy atom. The van der Waals surface area contributed by atoms with Crippen LogP contribution >= 0.6 is 7.26 Å². The molecule has 0 aliphatic carbocycles. The van der Waals surface area contributed by atoms with E-state index in [1.54, 1.807) is 18.3 Å². The molecule has 1 aromatic heterocycles. The van der Waals surface area contributed by atoms with Crippen molar-refractivity contribution in [1.29, 1.82) is 0 Å². The van der Waals surface area contributed by atoms with Crippen molar-refractivity contribution in [3.05, 3.63) is 121 Å². The van der Waals surface area contributed by atoms with Crippen LogP contribution in [-0.2, 0) is 4.79 Å². The Morgan fingerprint density at radius 3 is 1.70 bits per heavy atom. The van der Waals surface area contributed by atoms with Gasteiger partial charge in [0, 0.05) is 31.9 Å². The van der Waals surface area contributed by atoms with Crippen molar-refractivity contribution >= 4 is 35.0 Å². The molecule has 188 valence electrons. The van der Waals surface area contributed by atoms with Gasteiger partial charge in [-0.2, -0.15) is 0 Å². The number of aromatic nitrogens is 1. The molecule has 4 rings (SSSR count). The topological polar surface area (TPSA) is 71.1 Å². The van der Waals surface area contributed by atoms with E-state index in [1.165, 1.54) is 22.1 Å². The number of carbonyl (C=O) groups excluding carboxylic acids is 2. The van der Waals surface area contributed by atoms with Crippen LogP contribution < -0.4 is 26.5 Å². The molecule has 0 atom stereocenters. The SMILES string of the molecule is O=C(CCCC[P+](c1ccccc1)(c1ccccc1)c1ccccc1)NCCNC(=O)c1cccnc1. The minimum absolute atomic E-state index is 0.0127. The van der Waals surface area contributed by atoms with Crippen molar-refractivity contribution in [2.45, 2.75) is 19.3 Å². The van der Waals surface area contributed by atoms with Crippen molar-refractivity contribution in [2.24, 2.45) is 0 Å². The van der Waals surface area contributed by atoms with Crippen molar-refractivity contribution in [1.82, 2.24) is 15.6 Å². The van der Waals surface area contributed by atoms with Crippen LogP contribution in [-0.4, -0.2) is 36.0 Å². The lowest BCUT2D eigenvalue weighted by molar-refractivity contribution is -0.121. The molecule has 5 nitrogen and oxygen atoms in total. The van der Waals surface area contributed by atoms with Gasteiger partial charge in [0.25, 0.3) is 5.91 Å². The maximum absolute atomic E-state index is 12.5. The fourth-order valence-corrected chi connectivity index (χ4v) is 8.99. The van der Waals surface area contributed by atoms with E-state index in [1.807, 2.05) is 0 Å². The fourth-order valence-electron chi connectivity index (χ4n) is 4.58. The first kappa shape index (κ1) is 26.2. The minimum Gasteiger partial charge on any atom is -0.354 e. The van der Waals surface area contributed by atoms with E-state index >= 15 is 0 Å². The molecular weight excluding hydrogens is 477 g/mol. The molecule has 0 aliphatic heterocycles. The molecule has 2 amide bonds. The molecule has 3 aromatic carbocycles. The van der Waals surface area contributed by atoms with E-state index in [0.717, 1.165) is 19.0 Å². The number of benzene rings is 3. The van der Waals surface area contributed by atoms with Gasteiger partial charge in [-0.1, -0.05) is 54.6 Å². The van der Waals surface area contributed by atoms with Crippen LogP contribution in [0.2, 0.25) is 0 Å². The summed E-state index contributed by atoms with van der Waals surface area (Å²) < 4.78 is 0. The molecule has 0 aliphatic rings. The van der Waals surface area contributed by atoms with E-state index in [0.29, 0.717) is 25.1 Å². The summed E-state index contributed by atoms with van der Waals surface area (Å²) in [6, 6.07) is 35.9. The third-order valence-corrected chi connectivity index (χ3v) is 10.9. The van der Waals surface area contributed by atoms with Crippen molar-refractivity contribution in [2.75, 3.05) is 19.3 Å². The number of hydrogen-bond acceptors (Lipinski definition) is 3. The van der Waals surface area contributed by atoms with Gasteiger partial charge in [0.1, 0.15) is 23.2 Å². The monoisotopic (exact) mass is 510 g/mol. The van der Waals surface area contributed by atoms with Crippen LogP contribution in [0.25, 0.3) is 0 Å². The van der Waals surface area contributed by atoms with Crippen LogP contribution in [0.3, 0.4) is 0 Å². The highest BCUT2D eigenvalue weighted by Gasteiger charge is 2.44. The maximum atomic E-state index is 12.5. The summed E-state index contributed by atoms with van der Waals surface area (Å²) >= 11 is 0. The van der Waals surface area contributed by atoms with Gasteiger partial charge in [-0.15, -0.1) is 0 Å². The maximum Gasteiger partial charge on any atom is 0.252 e. The third kappa shape index (κ3) is 6.90. The molecular formula is C31H33N3O2P+. The summed E-state index contributed by atoms with van der Waals surface area (Å²) in [5.74, 6) is -0.177. The number of rotatable bonds is 12. The Kier molecular flexibility index (Phi) is 9.56. The normalized spacial score (nSPS) is 11.0. The lowest BCUT2D eigenvalue weighted by atomic mass is 10.2. The number of nitrogens with zero attached hydrogens (tertiary/aromatic N) is 1. The molecule has 0 unspecified atom stereocenters. The summed E-state index contributed by atoms with van der Waals surface area (Å²) in [5.41, 5.74) is 0.510. The van der Waals surface area contributed by atoms with Crippen LogP contribution in [0.1, 0.15) is 29.6 Å². The quantitative estimate of drug-likeness (QED) is 0.223. The van der Waals surface area contributed by atoms with Crippen molar-refractivity contribution in [3.8, 4) is 0 Å². The molecule has 6 heteroatoms. The summed E-state index contributed by atoms with van der Waals surface area (Å²) in [5, 5.41) is 9.82. The molecule has 0 radical (unpaired) electrons. The third-order valence-electron chi connectivity index (χ3n) is 6.39. The van der Waals surface area contributed by atoms with Gasteiger partial charge in [0.05, 0.1) is 11.7 Å². The van der Waals surface area contributed by atoms with E-state index < -0.39 is 7.26 Å². The van der Waals surface area contributed by atoms with E-state index in [2.05, 4.69) is 107 Å². The Labute approximate surface area is 219 Å². The van der Waals surface area contributed by atoms with Gasteiger partial charge in [-0.25, -0.2) is 0 Å². The predicted molar refractivity (Wildman–Crippen MR) is 153 cm³/mol. The van der Waals surface area contributed by atoms with Gasteiger partial charge in [-0.05, 0) is 61.4 Å². The molecule has 0 bridgehead atoms. The molecule has 37 heavy (non-hydrogen) atoms. The lowest BCUT2D eigenvalue weighted by Crippen LogP contribution is -2.35. The highest BCUT2D eigenvalue weighted by molar-refractivity contribution is 7.95. The first-order chi connectivity index (χ1) is 18.2. The summed E-state index contributed by atoms with van der Waals surface area (Å²) in [4.78, 5) is 28.5. The molecule has 0 fully saturated rings. The Hall–Kier alpha value is -3.82. The van der Waals surface area contributed by atoms with Crippen molar-refractivity contribution in [3.63, 3.8) is 0 Å². The van der Waals surface area contributed by atoms with Gasteiger partial charge >= 0.3 is 0 Å². The minimum atomic E-state index is -1.86. The second-order valence-corrected chi connectivity index (χ2v) is 12.5. The highest BCUT2D eigenvalue weighted by Crippen LogP contribution is 2.55. The number of pyridine rings is 1. The summed E-state index contributed by atoms with van der Waals surface area (Å²) in [6.45, 7) is 0.782. The molecule has 0 spiro atoms. The van der Waals surface area contributed by atoms with E-state index in [4.69, 9.17) is 0 Å². The van der Waals surface area contributed by atoms with Crippen LogP contribution in [0.15, 0.2) is 116 Å². The Balaban J connectivity index is 1.35. The first-order valence-corrected chi connectivity index (χ1v) is 14.7. The molecule has 1 heterocycles. The number of nitrogens with one attached hydrogen (secondary N) is 2.